The fourth-order valence-corrected chi connectivity index (χ4v) is 3.90. The second-order valence-electron chi connectivity index (χ2n) is 4.50. The molecule has 0 spiro atoms. The number of rotatable bonds is 4. The minimum Gasteiger partial charge on any atom is -0.305 e. The van der Waals surface area contributed by atoms with Crippen LogP contribution in [0.4, 0.5) is 0 Å². The van der Waals surface area contributed by atoms with Gasteiger partial charge in [-0.25, -0.2) is 0 Å². The van der Waals surface area contributed by atoms with E-state index in [0.717, 1.165) is 6.54 Å². The van der Waals surface area contributed by atoms with Crippen molar-refractivity contribution in [3.8, 4) is 0 Å². The summed E-state index contributed by atoms with van der Waals surface area (Å²) in [6, 6.07) is 4.92. The second kappa shape index (κ2) is 5.34. The smallest absolute Gasteiger partial charge is 0.0308 e. The zero-order valence-electron chi connectivity index (χ0n) is 10.8. The molecule has 17 heavy (non-hydrogen) atoms. The number of hydrogen-bond donors (Lipinski definition) is 1. The molecule has 0 fully saturated rings. The number of hydrogen-bond acceptors (Lipinski definition) is 3. The van der Waals surface area contributed by atoms with E-state index in [9.17, 15) is 0 Å². The topological polar surface area (TPSA) is 12.0 Å². The number of nitrogens with one attached hydrogen (secondary N) is 1. The highest BCUT2D eigenvalue weighted by Gasteiger charge is 2.11. The molecule has 92 valence electrons. The van der Waals surface area contributed by atoms with Crippen LogP contribution < -0.4 is 5.32 Å². The molecule has 0 aromatic carbocycles. The van der Waals surface area contributed by atoms with Gasteiger partial charge in [0.05, 0.1) is 0 Å². The Morgan fingerprint density at radius 2 is 2.06 bits per heavy atom. The van der Waals surface area contributed by atoms with Crippen molar-refractivity contribution in [3.63, 3.8) is 0 Å². The van der Waals surface area contributed by atoms with Crippen LogP contribution in [0.3, 0.4) is 0 Å². The lowest BCUT2D eigenvalue weighted by Gasteiger charge is -2.13. The Bertz CT molecular complexity index is 496. The number of aryl methyl sites for hydroxylation is 3. The summed E-state index contributed by atoms with van der Waals surface area (Å²) in [7, 11) is 0. The summed E-state index contributed by atoms with van der Waals surface area (Å²) in [5.41, 5.74) is 2.84. The average molecular weight is 265 g/mol. The van der Waals surface area contributed by atoms with Crippen molar-refractivity contribution >= 4 is 22.7 Å². The van der Waals surface area contributed by atoms with E-state index in [0.29, 0.717) is 6.04 Å². The standard InChI is InChI=1S/C14H19NS2/c1-9-5-6-16-14(9)8-15-11(3)13-7-10(2)17-12(13)4/h5-7,11,15H,8H2,1-4H3. The van der Waals surface area contributed by atoms with E-state index in [4.69, 9.17) is 0 Å². The molecular weight excluding hydrogens is 246 g/mol. The normalized spacial score (nSPS) is 12.9. The van der Waals surface area contributed by atoms with Gasteiger partial charge in [-0.3, -0.25) is 0 Å². The lowest BCUT2D eigenvalue weighted by atomic mass is 10.1. The zero-order valence-corrected chi connectivity index (χ0v) is 12.5. The van der Waals surface area contributed by atoms with Crippen molar-refractivity contribution in [3.05, 3.63) is 43.3 Å². The first-order valence-electron chi connectivity index (χ1n) is 5.91. The van der Waals surface area contributed by atoms with Crippen LogP contribution >= 0.6 is 22.7 Å². The van der Waals surface area contributed by atoms with Gasteiger partial charge in [-0.2, -0.15) is 0 Å². The van der Waals surface area contributed by atoms with Crippen molar-refractivity contribution in [2.45, 2.75) is 40.3 Å². The molecular formula is C14H19NS2. The predicted molar refractivity (Wildman–Crippen MR) is 78.1 cm³/mol. The lowest BCUT2D eigenvalue weighted by molar-refractivity contribution is 0.577. The van der Waals surface area contributed by atoms with Gasteiger partial charge in [-0.1, -0.05) is 0 Å². The maximum Gasteiger partial charge on any atom is 0.0308 e. The summed E-state index contributed by atoms with van der Waals surface area (Å²) in [6.45, 7) is 9.79. The van der Waals surface area contributed by atoms with E-state index in [2.05, 4.69) is 50.5 Å². The lowest BCUT2D eigenvalue weighted by Crippen LogP contribution is -2.18. The molecule has 1 atom stereocenters. The summed E-state index contributed by atoms with van der Waals surface area (Å²) in [6.07, 6.45) is 0. The molecule has 2 aromatic heterocycles. The van der Waals surface area contributed by atoms with Gasteiger partial charge >= 0.3 is 0 Å². The Hall–Kier alpha value is -0.640. The zero-order chi connectivity index (χ0) is 12.4. The number of thiophene rings is 2. The van der Waals surface area contributed by atoms with Crippen LogP contribution in [0.2, 0.25) is 0 Å². The van der Waals surface area contributed by atoms with E-state index in [1.165, 1.54) is 25.8 Å². The fourth-order valence-electron chi connectivity index (χ4n) is 2.02. The first kappa shape index (κ1) is 12.8. The van der Waals surface area contributed by atoms with Crippen LogP contribution in [0.25, 0.3) is 0 Å². The van der Waals surface area contributed by atoms with Crippen LogP contribution in [0.5, 0.6) is 0 Å². The molecule has 0 amide bonds. The summed E-state index contributed by atoms with van der Waals surface area (Å²) in [4.78, 5) is 4.28. The average Bonchev–Trinajstić information content (AvgIpc) is 2.81. The summed E-state index contributed by atoms with van der Waals surface area (Å²) in [5.74, 6) is 0. The first-order valence-corrected chi connectivity index (χ1v) is 7.61. The van der Waals surface area contributed by atoms with Gasteiger partial charge in [0.2, 0.25) is 0 Å². The van der Waals surface area contributed by atoms with Crippen molar-refractivity contribution in [2.24, 2.45) is 0 Å². The van der Waals surface area contributed by atoms with E-state index in [-0.39, 0.29) is 0 Å². The molecule has 0 aliphatic heterocycles. The quantitative estimate of drug-likeness (QED) is 0.853. The molecule has 0 saturated heterocycles. The Kier molecular flexibility index (Phi) is 4.02. The highest BCUT2D eigenvalue weighted by atomic mass is 32.1. The van der Waals surface area contributed by atoms with Crippen LogP contribution in [0, 0.1) is 20.8 Å². The molecule has 0 aliphatic rings. The minimum atomic E-state index is 0.432. The van der Waals surface area contributed by atoms with E-state index in [1.807, 2.05) is 22.7 Å². The van der Waals surface area contributed by atoms with E-state index < -0.39 is 0 Å². The molecule has 0 aliphatic carbocycles. The molecule has 3 heteroatoms. The molecule has 1 nitrogen and oxygen atoms in total. The van der Waals surface area contributed by atoms with Gasteiger partial charge in [0.25, 0.3) is 0 Å². The van der Waals surface area contributed by atoms with Crippen LogP contribution in [-0.4, -0.2) is 0 Å². The van der Waals surface area contributed by atoms with Gasteiger partial charge in [0.15, 0.2) is 0 Å². The molecule has 2 rings (SSSR count). The van der Waals surface area contributed by atoms with E-state index >= 15 is 0 Å². The van der Waals surface area contributed by atoms with Gasteiger partial charge in [0, 0.05) is 27.2 Å². The Morgan fingerprint density at radius 3 is 2.59 bits per heavy atom. The van der Waals surface area contributed by atoms with Crippen molar-refractivity contribution < 1.29 is 0 Å². The van der Waals surface area contributed by atoms with Gasteiger partial charge in [-0.05, 0) is 56.3 Å². The van der Waals surface area contributed by atoms with Crippen molar-refractivity contribution in [1.29, 1.82) is 0 Å². The maximum absolute atomic E-state index is 3.61. The maximum atomic E-state index is 3.61. The second-order valence-corrected chi connectivity index (χ2v) is 6.96. The predicted octanol–water partition coefficient (Wildman–Crippen LogP) is 4.59. The van der Waals surface area contributed by atoms with Crippen molar-refractivity contribution in [2.75, 3.05) is 0 Å². The van der Waals surface area contributed by atoms with Crippen molar-refractivity contribution in [1.82, 2.24) is 5.32 Å². The molecule has 1 N–H and O–H groups in total. The monoisotopic (exact) mass is 265 g/mol. The first-order chi connectivity index (χ1) is 8.08. The summed E-state index contributed by atoms with van der Waals surface area (Å²) < 4.78 is 0. The van der Waals surface area contributed by atoms with E-state index in [1.54, 1.807) is 0 Å². The largest absolute Gasteiger partial charge is 0.305 e. The Labute approximate surface area is 112 Å². The molecule has 2 heterocycles. The molecule has 0 radical (unpaired) electrons. The van der Waals surface area contributed by atoms with Crippen LogP contribution in [0.15, 0.2) is 17.5 Å². The molecule has 0 saturated carbocycles. The highest BCUT2D eigenvalue weighted by Crippen LogP contribution is 2.26. The highest BCUT2D eigenvalue weighted by molar-refractivity contribution is 7.12. The third-order valence-electron chi connectivity index (χ3n) is 3.08. The fraction of sp³-hybridized carbons (Fsp3) is 0.429. The Balaban J connectivity index is 2.00. The van der Waals surface area contributed by atoms with Crippen LogP contribution in [0.1, 0.15) is 38.7 Å². The SMILES string of the molecule is Cc1cc(C(C)NCc2sccc2C)c(C)s1. The van der Waals surface area contributed by atoms with Crippen LogP contribution in [-0.2, 0) is 6.54 Å². The van der Waals surface area contributed by atoms with Gasteiger partial charge in [-0.15, -0.1) is 22.7 Å². The third-order valence-corrected chi connectivity index (χ3v) is 5.09. The summed E-state index contributed by atoms with van der Waals surface area (Å²) in [5, 5.41) is 5.78. The van der Waals surface area contributed by atoms with Gasteiger partial charge in [0.1, 0.15) is 0 Å². The minimum absolute atomic E-state index is 0.432. The molecule has 1 unspecified atom stereocenters. The molecule has 0 bridgehead atoms. The Morgan fingerprint density at radius 1 is 1.29 bits per heavy atom. The third kappa shape index (κ3) is 2.97. The van der Waals surface area contributed by atoms with Gasteiger partial charge < -0.3 is 5.32 Å². The molecule has 2 aromatic rings. The summed E-state index contributed by atoms with van der Waals surface area (Å²) >= 11 is 3.72.